The van der Waals surface area contributed by atoms with Crippen molar-refractivity contribution in [3.8, 4) is 0 Å². The Morgan fingerprint density at radius 1 is 1.41 bits per heavy atom. The fourth-order valence-electron chi connectivity index (χ4n) is 2.33. The molecule has 0 radical (unpaired) electrons. The van der Waals surface area contributed by atoms with Gasteiger partial charge in [-0.05, 0) is 32.4 Å². The summed E-state index contributed by atoms with van der Waals surface area (Å²) in [5.41, 5.74) is -0.216. The van der Waals surface area contributed by atoms with E-state index in [0.717, 1.165) is 10.6 Å². The number of rotatable bonds is 4. The topological polar surface area (TPSA) is 79.2 Å². The lowest BCUT2D eigenvalue weighted by atomic mass is 10.0. The molecule has 1 aromatic carbocycles. The van der Waals surface area contributed by atoms with Gasteiger partial charge in [0.2, 0.25) is 0 Å². The van der Waals surface area contributed by atoms with Crippen molar-refractivity contribution < 1.29 is 19.4 Å². The van der Waals surface area contributed by atoms with Gasteiger partial charge in [-0.25, -0.2) is 4.79 Å². The summed E-state index contributed by atoms with van der Waals surface area (Å²) in [6.45, 7) is 5.48. The molecule has 0 unspecified atom stereocenters. The fraction of sp³-hybridized carbons (Fsp3) is 0.438. The van der Waals surface area contributed by atoms with E-state index in [4.69, 9.17) is 4.74 Å². The lowest BCUT2D eigenvalue weighted by Gasteiger charge is -2.28. The average molecular weight is 304 g/mol. The molecule has 0 fully saturated rings. The number of hydrogen-bond acceptors (Lipinski definition) is 5. The van der Waals surface area contributed by atoms with Gasteiger partial charge in [0, 0.05) is 17.7 Å². The van der Waals surface area contributed by atoms with E-state index in [1.54, 1.807) is 25.1 Å². The summed E-state index contributed by atoms with van der Waals surface area (Å²) in [5, 5.41) is 15.6. The molecule has 0 saturated heterocycles. The molecule has 118 valence electrons. The summed E-state index contributed by atoms with van der Waals surface area (Å²) in [7, 11) is 0. The van der Waals surface area contributed by atoms with Gasteiger partial charge in [-0.3, -0.25) is 4.79 Å². The van der Waals surface area contributed by atoms with Gasteiger partial charge in [-0.2, -0.15) is 10.1 Å². The molecule has 1 N–H and O–H groups in total. The highest BCUT2D eigenvalue weighted by molar-refractivity contribution is 6.03. The number of hydrogen-bond donors (Lipinski definition) is 1. The molecule has 0 spiro atoms. The Labute approximate surface area is 129 Å². The summed E-state index contributed by atoms with van der Waals surface area (Å²) in [6, 6.07) is 6.92. The smallest absolute Gasteiger partial charge is 0.362 e. The minimum atomic E-state index is -2.07. The number of amides is 1. The van der Waals surface area contributed by atoms with E-state index >= 15 is 0 Å². The van der Waals surface area contributed by atoms with Crippen LogP contribution in [0.15, 0.2) is 29.4 Å². The third kappa shape index (κ3) is 2.87. The molecule has 1 atom stereocenters. The molecule has 1 aliphatic heterocycles. The maximum absolute atomic E-state index is 12.6. The first-order valence-electron chi connectivity index (χ1n) is 7.29. The van der Waals surface area contributed by atoms with Crippen LogP contribution < -0.4 is 0 Å². The molecule has 0 aromatic heterocycles. The van der Waals surface area contributed by atoms with Crippen molar-refractivity contribution in [3.05, 3.63) is 35.4 Å². The van der Waals surface area contributed by atoms with Crippen LogP contribution in [0.3, 0.4) is 0 Å². The monoisotopic (exact) mass is 304 g/mol. The number of carbonyl (C=O) groups is 2. The highest BCUT2D eigenvalue weighted by Gasteiger charge is 2.51. The molecule has 1 aromatic rings. The molecule has 0 bridgehead atoms. The Morgan fingerprint density at radius 3 is 2.73 bits per heavy atom. The first-order chi connectivity index (χ1) is 10.4. The molecule has 6 heteroatoms. The van der Waals surface area contributed by atoms with Crippen molar-refractivity contribution in [3.63, 3.8) is 0 Å². The number of nitrogens with zero attached hydrogens (tertiary/aromatic N) is 2. The Hall–Kier alpha value is -2.21. The number of carbonyl (C=O) groups excluding carboxylic acids is 2. The SMILES string of the molecule is CCOC(=O)[C@@]1(O)CC(CC)=NN1C(=O)c1cccc(C)c1. The molecule has 1 amide bonds. The molecule has 2 rings (SSSR count). The zero-order chi connectivity index (χ0) is 16.3. The second kappa shape index (κ2) is 6.27. The predicted octanol–water partition coefficient (Wildman–Crippen LogP) is 1.86. The molecular weight excluding hydrogens is 284 g/mol. The lowest BCUT2D eigenvalue weighted by molar-refractivity contribution is -0.179. The van der Waals surface area contributed by atoms with Gasteiger partial charge in [0.25, 0.3) is 11.6 Å². The molecular formula is C16H20N2O4. The number of aryl methyl sites for hydroxylation is 1. The van der Waals surface area contributed by atoms with Crippen LogP contribution in [0.2, 0.25) is 0 Å². The van der Waals surface area contributed by atoms with Crippen LogP contribution in [0.5, 0.6) is 0 Å². The van der Waals surface area contributed by atoms with Crippen LogP contribution in [-0.2, 0) is 9.53 Å². The maximum atomic E-state index is 12.6. The Balaban J connectivity index is 2.37. The number of benzene rings is 1. The van der Waals surface area contributed by atoms with Gasteiger partial charge in [0.15, 0.2) is 0 Å². The van der Waals surface area contributed by atoms with Crippen molar-refractivity contribution in [2.24, 2.45) is 5.10 Å². The normalized spacial score (nSPS) is 20.7. The second-order valence-corrected chi connectivity index (χ2v) is 5.22. The summed E-state index contributed by atoms with van der Waals surface area (Å²) >= 11 is 0. The van der Waals surface area contributed by atoms with Crippen LogP contribution in [0.1, 0.15) is 42.6 Å². The maximum Gasteiger partial charge on any atom is 0.362 e. The Bertz CT molecular complexity index is 626. The van der Waals surface area contributed by atoms with Crippen molar-refractivity contribution in [1.29, 1.82) is 0 Å². The van der Waals surface area contributed by atoms with E-state index in [9.17, 15) is 14.7 Å². The van der Waals surface area contributed by atoms with E-state index < -0.39 is 17.6 Å². The zero-order valence-corrected chi connectivity index (χ0v) is 13.0. The standard InChI is InChI=1S/C16H20N2O4/c1-4-13-10-16(21,15(20)22-5-2)18(17-13)14(19)12-8-6-7-11(3)9-12/h6-9,21H,4-5,10H2,1-3H3/t16-/m0/s1. The van der Waals surface area contributed by atoms with E-state index in [-0.39, 0.29) is 13.0 Å². The van der Waals surface area contributed by atoms with Crippen molar-refractivity contribution >= 4 is 17.6 Å². The van der Waals surface area contributed by atoms with Crippen molar-refractivity contribution in [2.45, 2.75) is 39.3 Å². The summed E-state index contributed by atoms with van der Waals surface area (Å²) < 4.78 is 4.91. The number of esters is 1. The summed E-state index contributed by atoms with van der Waals surface area (Å²) in [6.07, 6.45) is 0.513. The van der Waals surface area contributed by atoms with Gasteiger partial charge in [0.1, 0.15) is 0 Å². The highest BCUT2D eigenvalue weighted by Crippen LogP contribution is 2.29. The van der Waals surface area contributed by atoms with E-state index in [1.807, 2.05) is 19.9 Å². The van der Waals surface area contributed by atoms with Crippen LogP contribution in [0.25, 0.3) is 0 Å². The lowest BCUT2D eigenvalue weighted by Crippen LogP contribution is -2.53. The average Bonchev–Trinajstić information content (AvgIpc) is 2.85. The third-order valence-corrected chi connectivity index (χ3v) is 3.51. The number of ether oxygens (including phenoxy) is 1. The minimum absolute atomic E-state index is 0.0279. The second-order valence-electron chi connectivity index (χ2n) is 5.22. The van der Waals surface area contributed by atoms with E-state index in [2.05, 4.69) is 5.10 Å². The van der Waals surface area contributed by atoms with Gasteiger partial charge in [-0.15, -0.1) is 0 Å². The first kappa shape index (κ1) is 16.2. The van der Waals surface area contributed by atoms with Gasteiger partial charge in [-0.1, -0.05) is 24.6 Å². The van der Waals surface area contributed by atoms with E-state index in [1.165, 1.54) is 0 Å². The quantitative estimate of drug-likeness (QED) is 0.861. The molecule has 6 nitrogen and oxygen atoms in total. The van der Waals surface area contributed by atoms with Gasteiger partial charge >= 0.3 is 5.97 Å². The van der Waals surface area contributed by atoms with Crippen LogP contribution in [-0.4, -0.2) is 40.0 Å². The molecule has 0 saturated carbocycles. The predicted molar refractivity (Wildman–Crippen MR) is 81.3 cm³/mol. The largest absolute Gasteiger partial charge is 0.462 e. The summed E-state index contributed by atoms with van der Waals surface area (Å²) in [4.78, 5) is 24.7. The third-order valence-electron chi connectivity index (χ3n) is 3.51. The van der Waals surface area contributed by atoms with Crippen molar-refractivity contribution in [2.75, 3.05) is 6.61 Å². The minimum Gasteiger partial charge on any atom is -0.462 e. The van der Waals surface area contributed by atoms with Crippen LogP contribution >= 0.6 is 0 Å². The molecule has 0 aliphatic carbocycles. The first-order valence-corrected chi connectivity index (χ1v) is 7.29. The number of aliphatic hydroxyl groups is 1. The molecule has 22 heavy (non-hydrogen) atoms. The van der Waals surface area contributed by atoms with Gasteiger partial charge in [0.05, 0.1) is 6.61 Å². The van der Waals surface area contributed by atoms with Crippen LogP contribution in [0, 0.1) is 6.92 Å². The summed E-state index contributed by atoms with van der Waals surface area (Å²) in [5.74, 6) is -1.38. The molecule has 1 aliphatic rings. The van der Waals surface area contributed by atoms with E-state index in [0.29, 0.717) is 17.7 Å². The molecule has 1 heterocycles. The van der Waals surface area contributed by atoms with Crippen LogP contribution in [0.4, 0.5) is 0 Å². The fourth-order valence-corrected chi connectivity index (χ4v) is 2.33. The highest BCUT2D eigenvalue weighted by atomic mass is 16.6. The number of hydrazone groups is 1. The zero-order valence-electron chi connectivity index (χ0n) is 13.0. The Kier molecular flexibility index (Phi) is 4.61. The Morgan fingerprint density at radius 2 is 2.14 bits per heavy atom. The van der Waals surface area contributed by atoms with Gasteiger partial charge < -0.3 is 9.84 Å². The van der Waals surface area contributed by atoms with Crippen molar-refractivity contribution in [1.82, 2.24) is 5.01 Å².